The molecule has 1 rings (SSSR count). The Morgan fingerprint density at radius 3 is 3.00 bits per heavy atom. The van der Waals surface area contributed by atoms with Gasteiger partial charge in [-0.15, -0.1) is 0 Å². The second kappa shape index (κ2) is 4.90. The second-order valence-electron chi connectivity index (χ2n) is 2.69. The fraction of sp³-hybridized carbons (Fsp3) is 0.100. The maximum atomic E-state index is 11.4. The number of nitrogen functional groups attached to an aromatic ring is 1. The Balaban J connectivity index is 3.09. The molecule has 0 saturated carbocycles. The summed E-state index contributed by atoms with van der Waals surface area (Å²) in [7, 11) is 0. The van der Waals surface area contributed by atoms with Gasteiger partial charge >= 0.3 is 0 Å². The average molecular weight is 204 g/mol. The lowest BCUT2D eigenvalue weighted by molar-refractivity contribution is -0.114. The van der Waals surface area contributed by atoms with Gasteiger partial charge in [0, 0.05) is 6.20 Å². The van der Waals surface area contributed by atoms with E-state index in [9.17, 15) is 9.59 Å². The number of hydrogen-bond acceptors (Lipinski definition) is 4. The number of rotatable bonds is 4. The molecular formula is C10H10N3O2. The Labute approximate surface area is 87.2 Å². The summed E-state index contributed by atoms with van der Waals surface area (Å²) in [4.78, 5) is 26.7. The third kappa shape index (κ3) is 2.40. The lowest BCUT2D eigenvalue weighted by atomic mass is 10.3. The zero-order valence-corrected chi connectivity index (χ0v) is 8.01. The first-order valence-electron chi connectivity index (χ1n) is 4.20. The van der Waals surface area contributed by atoms with Crippen LogP contribution in [0.1, 0.15) is 0 Å². The lowest BCUT2D eigenvalue weighted by Gasteiger charge is -2.18. The van der Waals surface area contributed by atoms with Gasteiger partial charge in [0.15, 0.2) is 5.82 Å². The molecule has 1 radical (unpaired) electrons. The van der Waals surface area contributed by atoms with Crippen molar-refractivity contribution in [2.45, 2.75) is 0 Å². The first-order chi connectivity index (χ1) is 7.20. The van der Waals surface area contributed by atoms with E-state index in [0.717, 1.165) is 11.0 Å². The van der Waals surface area contributed by atoms with Gasteiger partial charge in [0.1, 0.15) is 0 Å². The molecule has 1 amide bonds. The van der Waals surface area contributed by atoms with Crippen LogP contribution < -0.4 is 10.6 Å². The van der Waals surface area contributed by atoms with Gasteiger partial charge < -0.3 is 5.73 Å². The van der Waals surface area contributed by atoms with Crippen LogP contribution in [0.25, 0.3) is 0 Å². The predicted octanol–water partition coefficient (Wildman–Crippen LogP) is 0.293. The molecule has 2 N–H and O–H groups in total. The van der Waals surface area contributed by atoms with E-state index < -0.39 is 5.91 Å². The van der Waals surface area contributed by atoms with Crippen LogP contribution in [-0.4, -0.2) is 23.7 Å². The molecule has 0 spiro atoms. The topological polar surface area (TPSA) is 76.3 Å². The maximum Gasteiger partial charge on any atom is 0.252 e. The molecule has 77 valence electrons. The van der Waals surface area contributed by atoms with Crippen LogP contribution >= 0.6 is 0 Å². The summed E-state index contributed by atoms with van der Waals surface area (Å²) < 4.78 is 0. The Morgan fingerprint density at radius 1 is 1.73 bits per heavy atom. The van der Waals surface area contributed by atoms with E-state index in [4.69, 9.17) is 5.73 Å². The van der Waals surface area contributed by atoms with E-state index >= 15 is 0 Å². The van der Waals surface area contributed by atoms with E-state index in [1.807, 2.05) is 0 Å². The molecule has 0 aliphatic carbocycles. The molecular weight excluding hydrogens is 194 g/mol. The number of anilines is 2. The highest BCUT2D eigenvalue weighted by Gasteiger charge is 2.15. The quantitative estimate of drug-likeness (QED) is 0.715. The summed E-state index contributed by atoms with van der Waals surface area (Å²) in [5.41, 5.74) is 5.95. The van der Waals surface area contributed by atoms with Crippen LogP contribution in [0.5, 0.6) is 0 Å². The van der Waals surface area contributed by atoms with Crippen molar-refractivity contribution in [3.8, 4) is 0 Å². The van der Waals surface area contributed by atoms with Crippen LogP contribution in [0.2, 0.25) is 0 Å². The van der Waals surface area contributed by atoms with E-state index in [0.29, 0.717) is 5.69 Å². The van der Waals surface area contributed by atoms with Gasteiger partial charge in [-0.1, -0.05) is 6.58 Å². The summed E-state index contributed by atoms with van der Waals surface area (Å²) in [6, 6.07) is 3.23. The molecule has 1 heterocycles. The first kappa shape index (κ1) is 10.9. The van der Waals surface area contributed by atoms with Gasteiger partial charge in [0.05, 0.1) is 12.2 Å². The highest BCUT2D eigenvalue weighted by Crippen LogP contribution is 2.18. The number of hydrogen-bond donors (Lipinski definition) is 1. The molecule has 0 aromatic carbocycles. The van der Waals surface area contributed by atoms with Crippen molar-refractivity contribution in [1.82, 2.24) is 4.98 Å². The molecule has 5 nitrogen and oxygen atoms in total. The molecule has 0 aliphatic heterocycles. The summed E-state index contributed by atoms with van der Waals surface area (Å²) in [5, 5.41) is 0. The maximum absolute atomic E-state index is 11.4. The van der Waals surface area contributed by atoms with Crippen molar-refractivity contribution in [2.75, 3.05) is 17.2 Å². The number of nitrogens with two attached hydrogens (primary N) is 1. The highest BCUT2D eigenvalue weighted by molar-refractivity contribution is 6.03. The van der Waals surface area contributed by atoms with Gasteiger partial charge in [-0.2, -0.15) is 0 Å². The van der Waals surface area contributed by atoms with Gasteiger partial charge in [-0.25, -0.2) is 4.98 Å². The second-order valence-corrected chi connectivity index (χ2v) is 2.69. The average Bonchev–Trinajstić information content (AvgIpc) is 2.26. The van der Waals surface area contributed by atoms with Crippen molar-refractivity contribution in [3.05, 3.63) is 31.0 Å². The summed E-state index contributed by atoms with van der Waals surface area (Å²) in [6.07, 6.45) is 4.20. The molecule has 0 bridgehead atoms. The molecule has 0 atom stereocenters. The van der Waals surface area contributed by atoms with Crippen LogP contribution in [0.15, 0.2) is 31.0 Å². The van der Waals surface area contributed by atoms with Gasteiger partial charge in [0.25, 0.3) is 5.91 Å². The normalized spacial score (nSPS) is 9.33. The number of nitrogens with zero attached hydrogens (tertiary/aromatic N) is 2. The number of amides is 1. The molecule has 15 heavy (non-hydrogen) atoms. The first-order valence-corrected chi connectivity index (χ1v) is 4.20. The highest BCUT2D eigenvalue weighted by atomic mass is 16.2. The van der Waals surface area contributed by atoms with Crippen molar-refractivity contribution < 1.29 is 9.59 Å². The zero-order valence-electron chi connectivity index (χ0n) is 8.01. The Morgan fingerprint density at radius 2 is 2.47 bits per heavy atom. The predicted molar refractivity (Wildman–Crippen MR) is 56.9 cm³/mol. The van der Waals surface area contributed by atoms with Gasteiger partial charge in [-0.3, -0.25) is 14.5 Å². The minimum absolute atomic E-state index is 0.216. The zero-order chi connectivity index (χ0) is 11.3. The van der Waals surface area contributed by atoms with Crippen LogP contribution in [0, 0.1) is 0 Å². The fourth-order valence-corrected chi connectivity index (χ4v) is 1.07. The molecule has 0 aliphatic rings. The van der Waals surface area contributed by atoms with Crippen LogP contribution in [0.3, 0.4) is 0 Å². The van der Waals surface area contributed by atoms with E-state index in [1.165, 1.54) is 6.20 Å². The number of carbonyl (C=O) groups is 1. The van der Waals surface area contributed by atoms with Gasteiger partial charge in [0.2, 0.25) is 6.29 Å². The third-order valence-corrected chi connectivity index (χ3v) is 1.74. The Hall–Kier alpha value is -2.17. The molecule has 5 heteroatoms. The summed E-state index contributed by atoms with van der Waals surface area (Å²) in [6.45, 7) is 3.11. The molecule has 1 aromatic rings. The number of pyridine rings is 1. The largest absolute Gasteiger partial charge is 0.396 e. The molecule has 1 aromatic heterocycles. The molecule has 0 saturated heterocycles. The number of carbonyl (C=O) groups excluding carboxylic acids is 2. The van der Waals surface area contributed by atoms with Crippen molar-refractivity contribution >= 4 is 23.7 Å². The monoisotopic (exact) mass is 204 g/mol. The fourth-order valence-electron chi connectivity index (χ4n) is 1.07. The summed E-state index contributed by atoms with van der Waals surface area (Å²) in [5.74, 6) is -0.200. The van der Waals surface area contributed by atoms with E-state index in [1.54, 1.807) is 18.4 Å². The van der Waals surface area contributed by atoms with Crippen molar-refractivity contribution in [3.63, 3.8) is 0 Å². The Kier molecular flexibility index (Phi) is 3.56. The summed E-state index contributed by atoms with van der Waals surface area (Å²) >= 11 is 0. The molecule has 0 fully saturated rings. The van der Waals surface area contributed by atoms with Crippen molar-refractivity contribution in [1.29, 1.82) is 0 Å². The molecule has 0 unspecified atom stereocenters. The third-order valence-electron chi connectivity index (χ3n) is 1.74. The lowest BCUT2D eigenvalue weighted by Crippen LogP contribution is -2.32. The van der Waals surface area contributed by atoms with E-state index in [-0.39, 0.29) is 12.4 Å². The smallest absolute Gasteiger partial charge is 0.252 e. The van der Waals surface area contributed by atoms with Crippen molar-refractivity contribution in [2.24, 2.45) is 0 Å². The SMILES string of the molecule is C=CC(=O)N(C[C]=O)c1ncccc1N. The Bertz CT molecular complexity index is 390. The van der Waals surface area contributed by atoms with Crippen LogP contribution in [-0.2, 0) is 9.59 Å². The minimum atomic E-state index is -0.441. The van der Waals surface area contributed by atoms with Crippen LogP contribution in [0.4, 0.5) is 11.5 Å². The minimum Gasteiger partial charge on any atom is -0.396 e. The standard InChI is InChI=1S/C10H10N3O2/c1-2-9(15)13(6-7-14)10-8(11)4-3-5-12-10/h2-5H,1,6,11H2. The number of aromatic nitrogens is 1. The van der Waals surface area contributed by atoms with Gasteiger partial charge in [-0.05, 0) is 18.2 Å². The van der Waals surface area contributed by atoms with E-state index in [2.05, 4.69) is 11.6 Å².